The summed E-state index contributed by atoms with van der Waals surface area (Å²) in [4.78, 5) is 23.7. The zero-order valence-corrected chi connectivity index (χ0v) is 11.8. The summed E-state index contributed by atoms with van der Waals surface area (Å²) in [5, 5.41) is 10.1. The fraction of sp³-hybridized carbons (Fsp3) is 0.250. The van der Waals surface area contributed by atoms with Crippen LogP contribution in [0.25, 0.3) is 0 Å². The lowest BCUT2D eigenvalue weighted by Gasteiger charge is -2.16. The molecule has 21 heavy (non-hydrogen) atoms. The highest BCUT2D eigenvalue weighted by molar-refractivity contribution is 5.71. The van der Waals surface area contributed by atoms with Crippen molar-refractivity contribution in [1.82, 2.24) is 0 Å². The summed E-state index contributed by atoms with van der Waals surface area (Å²) in [7, 11) is 1.28. The Kier molecular flexibility index (Phi) is 4.42. The average molecular weight is 288 g/mol. The quantitative estimate of drug-likeness (QED) is 0.874. The van der Waals surface area contributed by atoms with Crippen molar-refractivity contribution in [2.75, 3.05) is 7.11 Å². The largest absolute Gasteiger partial charge is 0.507 e. The second-order valence-corrected chi connectivity index (χ2v) is 4.69. The third-order valence-electron chi connectivity index (χ3n) is 3.24. The Hall–Kier alpha value is -2.56. The van der Waals surface area contributed by atoms with Crippen molar-refractivity contribution in [2.24, 2.45) is 0 Å². The highest BCUT2D eigenvalue weighted by Gasteiger charge is 2.25. The van der Waals surface area contributed by atoms with E-state index in [-0.39, 0.29) is 17.7 Å². The lowest BCUT2D eigenvalue weighted by Crippen LogP contribution is -2.18. The van der Waals surface area contributed by atoms with Gasteiger partial charge in [0.1, 0.15) is 11.5 Å². The first-order chi connectivity index (χ1) is 10.0. The molecule has 0 fully saturated rings. The van der Waals surface area contributed by atoms with Crippen LogP contribution in [0.5, 0.6) is 5.75 Å². The van der Waals surface area contributed by atoms with Gasteiger partial charge in [0, 0.05) is 12.0 Å². The third-order valence-corrected chi connectivity index (χ3v) is 3.24. The smallest absolute Gasteiger partial charge is 0.343 e. The van der Waals surface area contributed by atoms with Crippen molar-refractivity contribution in [3.8, 4) is 5.75 Å². The molecule has 0 bridgehead atoms. The van der Waals surface area contributed by atoms with Crippen LogP contribution in [0.3, 0.4) is 0 Å². The van der Waals surface area contributed by atoms with Crippen molar-refractivity contribution < 1.29 is 19.1 Å². The predicted octanol–water partition coefficient (Wildman–Crippen LogP) is 2.35. The van der Waals surface area contributed by atoms with E-state index in [9.17, 15) is 14.7 Å². The molecule has 0 aliphatic rings. The van der Waals surface area contributed by atoms with Crippen molar-refractivity contribution in [3.63, 3.8) is 0 Å². The summed E-state index contributed by atoms with van der Waals surface area (Å²) in [5.41, 5.74) is 0.150. The Labute approximate surface area is 121 Å². The summed E-state index contributed by atoms with van der Waals surface area (Å²) < 4.78 is 9.71. The Balaban J connectivity index is 2.55. The normalized spacial score (nSPS) is 11.9. The van der Waals surface area contributed by atoms with Crippen molar-refractivity contribution in [3.05, 3.63) is 63.7 Å². The van der Waals surface area contributed by atoms with Gasteiger partial charge in [0.15, 0.2) is 0 Å². The number of carbonyl (C=O) groups excluding carboxylic acids is 1. The first-order valence-electron chi connectivity index (χ1n) is 6.48. The lowest BCUT2D eigenvalue weighted by atomic mass is 9.89. The maximum atomic E-state index is 12.1. The van der Waals surface area contributed by atoms with E-state index in [1.807, 2.05) is 6.07 Å². The van der Waals surface area contributed by atoms with Crippen molar-refractivity contribution in [2.45, 2.75) is 19.3 Å². The number of benzene rings is 1. The molecule has 0 unspecified atom stereocenters. The Morgan fingerprint density at radius 3 is 2.57 bits per heavy atom. The Morgan fingerprint density at radius 2 is 2.00 bits per heavy atom. The van der Waals surface area contributed by atoms with Crippen LogP contribution in [0, 0.1) is 6.92 Å². The van der Waals surface area contributed by atoms with Crippen molar-refractivity contribution >= 4 is 5.97 Å². The van der Waals surface area contributed by atoms with Crippen LogP contribution < -0.4 is 5.63 Å². The predicted molar refractivity (Wildman–Crippen MR) is 76.3 cm³/mol. The third kappa shape index (κ3) is 3.31. The maximum absolute atomic E-state index is 12.1. The zero-order chi connectivity index (χ0) is 15.4. The highest BCUT2D eigenvalue weighted by Crippen LogP contribution is 2.32. The van der Waals surface area contributed by atoms with Gasteiger partial charge in [-0.2, -0.15) is 0 Å². The second kappa shape index (κ2) is 6.26. The van der Waals surface area contributed by atoms with E-state index in [2.05, 4.69) is 4.74 Å². The van der Waals surface area contributed by atoms with E-state index < -0.39 is 17.5 Å². The number of ether oxygens (including phenoxy) is 1. The fourth-order valence-corrected chi connectivity index (χ4v) is 2.25. The van der Waals surface area contributed by atoms with E-state index in [0.29, 0.717) is 5.76 Å². The molecule has 2 aromatic rings. The number of hydrogen-bond donors (Lipinski definition) is 1. The second-order valence-electron chi connectivity index (χ2n) is 4.69. The molecule has 110 valence electrons. The lowest BCUT2D eigenvalue weighted by molar-refractivity contribution is -0.140. The van der Waals surface area contributed by atoms with Gasteiger partial charge in [-0.25, -0.2) is 4.79 Å². The monoisotopic (exact) mass is 288 g/mol. The topological polar surface area (TPSA) is 76.7 Å². The fourth-order valence-electron chi connectivity index (χ4n) is 2.25. The van der Waals surface area contributed by atoms with Gasteiger partial charge in [-0.05, 0) is 12.5 Å². The molecule has 5 heteroatoms. The van der Waals surface area contributed by atoms with Gasteiger partial charge in [-0.1, -0.05) is 30.3 Å². The number of hydrogen-bond acceptors (Lipinski definition) is 5. The summed E-state index contributed by atoms with van der Waals surface area (Å²) in [5.74, 6) is -0.952. The van der Waals surface area contributed by atoms with Gasteiger partial charge in [0.2, 0.25) is 0 Å². The number of rotatable bonds is 4. The summed E-state index contributed by atoms with van der Waals surface area (Å²) in [6.45, 7) is 1.57. The van der Waals surface area contributed by atoms with Crippen LogP contribution >= 0.6 is 0 Å². The van der Waals surface area contributed by atoms with Gasteiger partial charge >= 0.3 is 11.6 Å². The summed E-state index contributed by atoms with van der Waals surface area (Å²) >= 11 is 0. The minimum absolute atomic E-state index is 0.0537. The van der Waals surface area contributed by atoms with Crippen molar-refractivity contribution in [1.29, 1.82) is 0 Å². The van der Waals surface area contributed by atoms with E-state index in [4.69, 9.17) is 4.42 Å². The molecule has 0 saturated heterocycles. The van der Waals surface area contributed by atoms with Gasteiger partial charge in [0.05, 0.1) is 19.1 Å². The van der Waals surface area contributed by atoms with E-state index >= 15 is 0 Å². The molecule has 1 atom stereocenters. The standard InChI is InChI=1S/C16H16O5/c1-10-8-13(17)15(16(19)21-10)12(9-14(18)20-2)11-6-4-3-5-7-11/h3-8,12,17H,9H2,1-2H3/t12-/m0/s1. The average Bonchev–Trinajstić information content (AvgIpc) is 2.46. The molecule has 1 aromatic heterocycles. The molecule has 5 nitrogen and oxygen atoms in total. The van der Waals surface area contributed by atoms with Crippen LogP contribution in [-0.4, -0.2) is 18.2 Å². The first kappa shape index (κ1) is 14.8. The molecule has 0 aliphatic heterocycles. The van der Waals surface area contributed by atoms with E-state index in [1.54, 1.807) is 31.2 Å². The van der Waals surface area contributed by atoms with Crippen LogP contribution in [0.4, 0.5) is 0 Å². The number of aryl methyl sites for hydroxylation is 1. The molecule has 0 aliphatic carbocycles. The summed E-state index contributed by atoms with van der Waals surface area (Å²) in [6.07, 6.45) is -0.0537. The highest BCUT2D eigenvalue weighted by atomic mass is 16.5. The van der Waals surface area contributed by atoms with Crippen LogP contribution in [0.15, 0.2) is 45.6 Å². The number of methoxy groups -OCH3 is 1. The van der Waals surface area contributed by atoms with Gasteiger partial charge in [-0.3, -0.25) is 4.79 Å². The Bertz CT molecular complexity index is 688. The number of aromatic hydroxyl groups is 1. The van der Waals surface area contributed by atoms with E-state index in [0.717, 1.165) is 5.56 Å². The first-order valence-corrected chi connectivity index (χ1v) is 6.48. The molecular weight excluding hydrogens is 272 g/mol. The molecule has 1 heterocycles. The molecule has 1 aromatic carbocycles. The Morgan fingerprint density at radius 1 is 1.33 bits per heavy atom. The minimum atomic E-state index is -0.648. The molecule has 0 spiro atoms. The molecule has 0 saturated carbocycles. The summed E-state index contributed by atoms with van der Waals surface area (Å²) in [6, 6.07) is 10.4. The van der Waals surface area contributed by atoms with Crippen LogP contribution in [0.2, 0.25) is 0 Å². The molecular formula is C16H16O5. The molecule has 2 rings (SSSR count). The zero-order valence-electron chi connectivity index (χ0n) is 11.8. The number of esters is 1. The van der Waals surface area contributed by atoms with Gasteiger partial charge in [0.25, 0.3) is 0 Å². The van der Waals surface area contributed by atoms with Gasteiger partial charge in [-0.15, -0.1) is 0 Å². The maximum Gasteiger partial charge on any atom is 0.343 e. The molecule has 0 radical (unpaired) electrons. The molecule has 0 amide bonds. The minimum Gasteiger partial charge on any atom is -0.507 e. The SMILES string of the molecule is COC(=O)C[C@@H](c1ccccc1)c1c(O)cc(C)oc1=O. The van der Waals surface area contributed by atoms with Crippen LogP contribution in [0.1, 0.15) is 29.2 Å². The molecule has 1 N–H and O–H groups in total. The van der Waals surface area contributed by atoms with Crippen LogP contribution in [-0.2, 0) is 9.53 Å². The number of carbonyl (C=O) groups is 1. The van der Waals surface area contributed by atoms with Gasteiger partial charge < -0.3 is 14.3 Å². The van der Waals surface area contributed by atoms with E-state index in [1.165, 1.54) is 13.2 Å².